The Morgan fingerprint density at radius 3 is 2.63 bits per heavy atom. The van der Waals surface area contributed by atoms with Crippen molar-refractivity contribution in [1.82, 2.24) is 9.62 Å². The summed E-state index contributed by atoms with van der Waals surface area (Å²) in [4.78, 5) is 13.9. The maximum Gasteiger partial charge on any atom is 0.253 e. The number of terminal acetylenes is 1. The average molecular weight is 390 g/mol. The Kier molecular flexibility index (Phi) is 6.93. The zero-order valence-electron chi connectivity index (χ0n) is 14.7. The summed E-state index contributed by atoms with van der Waals surface area (Å²) >= 11 is 0. The predicted octanol–water partition coefficient (Wildman–Crippen LogP) is 1.89. The Labute approximate surface area is 158 Å². The highest BCUT2D eigenvalue weighted by Crippen LogP contribution is 2.14. The van der Waals surface area contributed by atoms with Crippen LogP contribution in [0.4, 0.5) is 4.39 Å². The highest BCUT2D eigenvalue weighted by atomic mass is 32.2. The summed E-state index contributed by atoms with van der Waals surface area (Å²) in [6, 6.07) is 11.2. The minimum absolute atomic E-state index is 0.0421. The molecule has 0 fully saturated rings. The van der Waals surface area contributed by atoms with E-state index in [0.717, 1.165) is 0 Å². The van der Waals surface area contributed by atoms with E-state index in [4.69, 9.17) is 11.2 Å². The van der Waals surface area contributed by atoms with Crippen LogP contribution < -0.4 is 9.46 Å². The van der Waals surface area contributed by atoms with Crippen LogP contribution in [0.2, 0.25) is 0 Å². The smallest absolute Gasteiger partial charge is 0.253 e. The number of sulfonamides is 1. The highest BCUT2D eigenvalue weighted by molar-refractivity contribution is 7.89. The summed E-state index contributed by atoms with van der Waals surface area (Å²) in [5.74, 6) is 1.96. The standard InChI is InChI=1S/C19H19FN2O4S/c1-3-11-21-27(24,25)18-6-4-5-15(14-18)19(23)22(2)12-13-26-17-9-7-16(20)8-10-17/h1,4-10,14,21H,11-13H2,2H3. The third-order valence-corrected chi connectivity index (χ3v) is 5.01. The number of ether oxygens (including phenoxy) is 1. The first-order chi connectivity index (χ1) is 12.8. The van der Waals surface area contributed by atoms with Crippen LogP contribution in [0, 0.1) is 18.2 Å². The molecule has 0 heterocycles. The first kappa shape index (κ1) is 20.4. The molecular formula is C19H19FN2O4S. The Morgan fingerprint density at radius 1 is 1.26 bits per heavy atom. The summed E-state index contributed by atoms with van der Waals surface area (Å²) < 4.78 is 44.8. The first-order valence-electron chi connectivity index (χ1n) is 8.00. The molecular weight excluding hydrogens is 371 g/mol. The van der Waals surface area contributed by atoms with E-state index in [0.29, 0.717) is 5.75 Å². The van der Waals surface area contributed by atoms with Crippen molar-refractivity contribution in [2.45, 2.75) is 4.90 Å². The van der Waals surface area contributed by atoms with Crippen molar-refractivity contribution in [2.75, 3.05) is 26.7 Å². The molecule has 0 aromatic heterocycles. The summed E-state index contributed by atoms with van der Waals surface area (Å²) in [5, 5.41) is 0. The number of halogens is 1. The summed E-state index contributed by atoms with van der Waals surface area (Å²) in [6.07, 6.45) is 5.06. The van der Waals surface area contributed by atoms with E-state index in [9.17, 15) is 17.6 Å². The molecule has 27 heavy (non-hydrogen) atoms. The van der Waals surface area contributed by atoms with Crippen LogP contribution in [-0.4, -0.2) is 46.0 Å². The van der Waals surface area contributed by atoms with Crippen LogP contribution >= 0.6 is 0 Å². The Balaban J connectivity index is 1.99. The lowest BCUT2D eigenvalue weighted by molar-refractivity contribution is 0.0773. The van der Waals surface area contributed by atoms with Gasteiger partial charge in [0.1, 0.15) is 18.2 Å². The topological polar surface area (TPSA) is 75.7 Å². The van der Waals surface area contributed by atoms with Crippen LogP contribution in [-0.2, 0) is 10.0 Å². The molecule has 6 nitrogen and oxygen atoms in total. The van der Waals surface area contributed by atoms with Gasteiger partial charge in [-0.25, -0.2) is 12.8 Å². The number of nitrogens with zero attached hydrogens (tertiary/aromatic N) is 1. The average Bonchev–Trinajstić information content (AvgIpc) is 2.67. The lowest BCUT2D eigenvalue weighted by atomic mass is 10.2. The Hall–Kier alpha value is -2.89. The molecule has 0 saturated carbocycles. The quantitative estimate of drug-likeness (QED) is 0.699. The molecule has 8 heteroatoms. The van der Waals surface area contributed by atoms with Gasteiger partial charge in [-0.2, -0.15) is 4.72 Å². The van der Waals surface area contributed by atoms with E-state index in [1.165, 1.54) is 53.4 Å². The summed E-state index contributed by atoms with van der Waals surface area (Å²) in [5.41, 5.74) is 0.225. The van der Waals surface area contributed by atoms with E-state index >= 15 is 0 Å². The normalized spacial score (nSPS) is 10.9. The molecule has 0 bridgehead atoms. The number of carbonyl (C=O) groups is 1. The molecule has 1 amide bonds. The van der Waals surface area contributed by atoms with Crippen molar-refractivity contribution in [3.8, 4) is 18.1 Å². The van der Waals surface area contributed by atoms with Crippen molar-refractivity contribution in [2.24, 2.45) is 0 Å². The molecule has 2 aromatic carbocycles. The van der Waals surface area contributed by atoms with Crippen molar-refractivity contribution >= 4 is 15.9 Å². The molecule has 0 unspecified atom stereocenters. The Morgan fingerprint density at radius 2 is 1.96 bits per heavy atom. The number of hydrogen-bond donors (Lipinski definition) is 1. The zero-order chi connectivity index (χ0) is 19.9. The minimum atomic E-state index is -3.78. The molecule has 0 aliphatic carbocycles. The molecule has 0 saturated heterocycles. The van der Waals surface area contributed by atoms with Gasteiger partial charge in [-0.3, -0.25) is 4.79 Å². The van der Waals surface area contributed by atoms with Crippen LogP contribution in [0.1, 0.15) is 10.4 Å². The van der Waals surface area contributed by atoms with Gasteiger partial charge in [0.25, 0.3) is 5.91 Å². The van der Waals surface area contributed by atoms with Crippen LogP contribution in [0.3, 0.4) is 0 Å². The minimum Gasteiger partial charge on any atom is -0.492 e. The lowest BCUT2D eigenvalue weighted by Gasteiger charge is -2.18. The van der Waals surface area contributed by atoms with Gasteiger partial charge in [-0.05, 0) is 42.5 Å². The number of hydrogen-bond acceptors (Lipinski definition) is 4. The maximum absolute atomic E-state index is 12.9. The number of likely N-dealkylation sites (N-methyl/N-ethyl adjacent to an activating group) is 1. The first-order valence-corrected chi connectivity index (χ1v) is 9.49. The fraction of sp³-hybridized carbons (Fsp3) is 0.211. The van der Waals surface area contributed by atoms with E-state index in [2.05, 4.69) is 10.6 Å². The van der Waals surface area contributed by atoms with E-state index in [1.54, 1.807) is 7.05 Å². The number of carbonyl (C=O) groups excluding carboxylic acids is 1. The van der Waals surface area contributed by atoms with Crippen molar-refractivity contribution in [1.29, 1.82) is 0 Å². The second-order valence-electron chi connectivity index (χ2n) is 5.59. The van der Waals surface area contributed by atoms with Gasteiger partial charge in [0, 0.05) is 12.6 Å². The largest absolute Gasteiger partial charge is 0.492 e. The van der Waals surface area contributed by atoms with E-state index in [1.807, 2.05) is 0 Å². The van der Waals surface area contributed by atoms with Crippen molar-refractivity contribution in [3.63, 3.8) is 0 Å². The molecule has 2 rings (SSSR count). The number of benzene rings is 2. The van der Waals surface area contributed by atoms with Gasteiger partial charge < -0.3 is 9.64 Å². The van der Waals surface area contributed by atoms with Gasteiger partial charge in [0.2, 0.25) is 10.0 Å². The molecule has 1 N–H and O–H groups in total. The molecule has 0 aliphatic rings. The SMILES string of the molecule is C#CCNS(=O)(=O)c1cccc(C(=O)N(C)CCOc2ccc(F)cc2)c1. The number of nitrogens with one attached hydrogen (secondary N) is 1. The van der Waals surface area contributed by atoms with Gasteiger partial charge >= 0.3 is 0 Å². The molecule has 2 aromatic rings. The van der Waals surface area contributed by atoms with Crippen LogP contribution in [0.25, 0.3) is 0 Å². The second-order valence-corrected chi connectivity index (χ2v) is 7.35. The fourth-order valence-electron chi connectivity index (χ4n) is 2.17. The third kappa shape index (κ3) is 5.81. The molecule has 0 aliphatic heterocycles. The predicted molar refractivity (Wildman–Crippen MR) is 99.3 cm³/mol. The Bertz CT molecular complexity index is 937. The van der Waals surface area contributed by atoms with Crippen molar-refractivity contribution in [3.05, 3.63) is 59.9 Å². The van der Waals surface area contributed by atoms with E-state index in [-0.39, 0.29) is 41.9 Å². The maximum atomic E-state index is 12.9. The molecule has 142 valence electrons. The van der Waals surface area contributed by atoms with Gasteiger partial charge in [-0.1, -0.05) is 12.0 Å². The van der Waals surface area contributed by atoms with Gasteiger partial charge in [0.15, 0.2) is 0 Å². The monoisotopic (exact) mass is 390 g/mol. The zero-order valence-corrected chi connectivity index (χ0v) is 15.5. The van der Waals surface area contributed by atoms with Crippen molar-refractivity contribution < 1.29 is 22.3 Å². The third-order valence-electron chi connectivity index (χ3n) is 3.61. The van der Waals surface area contributed by atoms with Gasteiger partial charge in [-0.15, -0.1) is 6.42 Å². The second kappa shape index (κ2) is 9.16. The van der Waals surface area contributed by atoms with Crippen LogP contribution in [0.15, 0.2) is 53.4 Å². The highest BCUT2D eigenvalue weighted by Gasteiger charge is 2.17. The molecule has 0 spiro atoms. The summed E-state index contributed by atoms with van der Waals surface area (Å²) in [6.45, 7) is 0.333. The van der Waals surface area contributed by atoms with Gasteiger partial charge in [0.05, 0.1) is 18.0 Å². The molecule has 0 atom stereocenters. The van der Waals surface area contributed by atoms with E-state index < -0.39 is 10.0 Å². The summed E-state index contributed by atoms with van der Waals surface area (Å²) in [7, 11) is -2.20. The molecule has 0 radical (unpaired) electrons. The lowest BCUT2D eigenvalue weighted by Crippen LogP contribution is -2.31. The number of rotatable bonds is 8. The number of amides is 1. The van der Waals surface area contributed by atoms with Crippen LogP contribution in [0.5, 0.6) is 5.75 Å². The fourth-order valence-corrected chi connectivity index (χ4v) is 3.15.